The van der Waals surface area contributed by atoms with Gasteiger partial charge in [0.1, 0.15) is 5.75 Å². The molecule has 1 atom stereocenters. The molecule has 0 aliphatic heterocycles. The lowest BCUT2D eigenvalue weighted by atomic mass is 10.0. The van der Waals surface area contributed by atoms with Gasteiger partial charge in [0.05, 0.1) is 35.3 Å². The number of rotatable bonds is 5. The second-order valence-corrected chi connectivity index (χ2v) is 10.9. The fourth-order valence-electron chi connectivity index (χ4n) is 6.52. The van der Waals surface area contributed by atoms with E-state index in [4.69, 9.17) is 9.47 Å². The fraction of sp³-hybridized carbons (Fsp3) is 0.105. The Kier molecular flexibility index (Phi) is 5.76. The van der Waals surface area contributed by atoms with Crippen molar-refractivity contribution in [3.8, 4) is 22.6 Å². The van der Waals surface area contributed by atoms with Crippen LogP contribution in [0.4, 0.5) is 0 Å². The average Bonchev–Trinajstić information content (AvgIpc) is 3.57. The van der Waals surface area contributed by atoms with Crippen molar-refractivity contribution in [2.45, 2.75) is 12.5 Å². The van der Waals surface area contributed by atoms with Gasteiger partial charge in [0.2, 0.25) is 0 Å². The Morgan fingerprint density at radius 3 is 1.74 bits per heavy atom. The molecule has 0 saturated carbocycles. The van der Waals surface area contributed by atoms with Crippen LogP contribution < -0.4 is 4.74 Å². The number of ether oxygens (including phenoxy) is 2. The summed E-state index contributed by atoms with van der Waals surface area (Å²) in [4.78, 5) is 0. The van der Waals surface area contributed by atoms with E-state index >= 15 is 0 Å². The predicted molar refractivity (Wildman–Crippen MR) is 175 cm³/mol. The summed E-state index contributed by atoms with van der Waals surface area (Å²) in [5, 5.41) is 5.00. The van der Waals surface area contributed by atoms with Crippen LogP contribution in [0.2, 0.25) is 0 Å². The SMILES string of the molecule is COc1ccc(-n2c3ccccc3c3cc(-c4ccc5c(c4)c4ccccc4n5C4=CCC(OC)C=C4)ccc32)cc1. The Hall–Kier alpha value is -5.06. The Morgan fingerprint density at radius 2 is 1.17 bits per heavy atom. The third-order valence-electron chi connectivity index (χ3n) is 8.61. The summed E-state index contributed by atoms with van der Waals surface area (Å²) in [6.07, 6.45) is 7.63. The number of aromatic nitrogens is 2. The van der Waals surface area contributed by atoms with Crippen LogP contribution in [0.15, 0.2) is 127 Å². The molecule has 0 saturated heterocycles. The lowest BCUT2D eigenvalue weighted by Gasteiger charge is -2.17. The molecule has 8 rings (SSSR count). The van der Waals surface area contributed by atoms with Crippen molar-refractivity contribution in [3.63, 3.8) is 0 Å². The van der Waals surface area contributed by atoms with Crippen molar-refractivity contribution < 1.29 is 9.47 Å². The van der Waals surface area contributed by atoms with Gasteiger partial charge in [-0.05, 0) is 84.3 Å². The van der Waals surface area contributed by atoms with Crippen LogP contribution in [0.1, 0.15) is 6.42 Å². The highest BCUT2D eigenvalue weighted by atomic mass is 16.5. The molecule has 4 heteroatoms. The van der Waals surface area contributed by atoms with E-state index in [-0.39, 0.29) is 6.10 Å². The molecule has 0 amide bonds. The zero-order chi connectivity index (χ0) is 28.2. The fourth-order valence-corrected chi connectivity index (χ4v) is 6.52. The lowest BCUT2D eigenvalue weighted by Crippen LogP contribution is -2.10. The third kappa shape index (κ3) is 3.80. The predicted octanol–water partition coefficient (Wildman–Crippen LogP) is 9.38. The minimum absolute atomic E-state index is 0.138. The molecule has 0 fully saturated rings. The Balaban J connectivity index is 1.29. The molecule has 0 bridgehead atoms. The number of hydrogen-bond donors (Lipinski definition) is 0. The average molecular weight is 547 g/mol. The number of hydrogen-bond acceptors (Lipinski definition) is 2. The summed E-state index contributed by atoms with van der Waals surface area (Å²) in [5.74, 6) is 0.855. The maximum Gasteiger partial charge on any atom is 0.119 e. The van der Waals surface area contributed by atoms with E-state index in [9.17, 15) is 0 Å². The Bertz CT molecular complexity index is 2190. The van der Waals surface area contributed by atoms with Gasteiger partial charge in [-0.3, -0.25) is 0 Å². The molecule has 0 spiro atoms. The van der Waals surface area contributed by atoms with E-state index in [1.54, 1.807) is 14.2 Å². The lowest BCUT2D eigenvalue weighted by molar-refractivity contribution is 0.143. The first kappa shape index (κ1) is 24.7. The van der Waals surface area contributed by atoms with Gasteiger partial charge in [0.25, 0.3) is 0 Å². The van der Waals surface area contributed by atoms with Crippen molar-refractivity contribution in [2.75, 3.05) is 14.2 Å². The molecule has 5 aromatic carbocycles. The molecule has 42 heavy (non-hydrogen) atoms. The first-order valence-electron chi connectivity index (χ1n) is 14.4. The van der Waals surface area contributed by atoms with Gasteiger partial charge in [0, 0.05) is 40.0 Å². The number of nitrogens with zero attached hydrogens (tertiary/aromatic N) is 2. The van der Waals surface area contributed by atoms with Gasteiger partial charge in [-0.25, -0.2) is 0 Å². The highest BCUT2D eigenvalue weighted by Crippen LogP contribution is 2.38. The van der Waals surface area contributed by atoms with Crippen molar-refractivity contribution in [1.82, 2.24) is 9.13 Å². The monoisotopic (exact) mass is 546 g/mol. The number of allylic oxidation sites excluding steroid dienone is 2. The van der Waals surface area contributed by atoms with Crippen molar-refractivity contribution >= 4 is 49.3 Å². The minimum Gasteiger partial charge on any atom is -0.497 e. The normalized spacial score (nSPS) is 15.2. The first-order valence-corrected chi connectivity index (χ1v) is 14.4. The number of methoxy groups -OCH3 is 2. The zero-order valence-corrected chi connectivity index (χ0v) is 23.6. The summed E-state index contributed by atoms with van der Waals surface area (Å²) in [6.45, 7) is 0. The molecular formula is C38H30N2O2. The van der Waals surface area contributed by atoms with Crippen LogP contribution in [0.3, 0.4) is 0 Å². The molecular weight excluding hydrogens is 516 g/mol. The minimum atomic E-state index is 0.138. The third-order valence-corrected chi connectivity index (χ3v) is 8.61. The van der Waals surface area contributed by atoms with E-state index in [0.717, 1.165) is 17.9 Å². The van der Waals surface area contributed by atoms with Crippen LogP contribution in [-0.4, -0.2) is 29.5 Å². The van der Waals surface area contributed by atoms with Crippen LogP contribution in [0.5, 0.6) is 5.75 Å². The van der Waals surface area contributed by atoms with E-state index in [1.807, 2.05) is 12.1 Å². The van der Waals surface area contributed by atoms with E-state index < -0.39 is 0 Å². The Morgan fingerprint density at radius 1 is 0.595 bits per heavy atom. The summed E-state index contributed by atoms with van der Waals surface area (Å²) < 4.78 is 15.7. The summed E-state index contributed by atoms with van der Waals surface area (Å²) in [5.41, 5.74) is 9.53. The van der Waals surface area contributed by atoms with E-state index in [2.05, 4.69) is 124 Å². The van der Waals surface area contributed by atoms with Crippen molar-refractivity contribution in [2.24, 2.45) is 0 Å². The smallest absolute Gasteiger partial charge is 0.119 e. The number of benzene rings is 5. The second kappa shape index (κ2) is 9.79. The molecule has 0 N–H and O–H groups in total. The van der Waals surface area contributed by atoms with Crippen LogP contribution in [0, 0.1) is 0 Å². The molecule has 2 heterocycles. The van der Waals surface area contributed by atoms with Gasteiger partial charge in [-0.2, -0.15) is 0 Å². The van der Waals surface area contributed by atoms with Gasteiger partial charge in [-0.15, -0.1) is 0 Å². The van der Waals surface area contributed by atoms with E-state index in [1.165, 1.54) is 60.4 Å². The van der Waals surface area contributed by atoms with Gasteiger partial charge >= 0.3 is 0 Å². The molecule has 1 aliphatic carbocycles. The maximum absolute atomic E-state index is 5.54. The second-order valence-electron chi connectivity index (χ2n) is 10.9. The van der Waals surface area contributed by atoms with Gasteiger partial charge in [-0.1, -0.05) is 60.7 Å². The summed E-state index contributed by atoms with van der Waals surface area (Å²) in [6, 6.07) is 39.3. The molecule has 204 valence electrons. The van der Waals surface area contributed by atoms with Crippen molar-refractivity contribution in [1.29, 1.82) is 0 Å². The summed E-state index contributed by atoms with van der Waals surface area (Å²) in [7, 11) is 3.47. The molecule has 4 nitrogen and oxygen atoms in total. The van der Waals surface area contributed by atoms with Crippen LogP contribution in [0.25, 0.3) is 66.1 Å². The van der Waals surface area contributed by atoms with Crippen LogP contribution >= 0.6 is 0 Å². The largest absolute Gasteiger partial charge is 0.497 e. The molecule has 1 unspecified atom stereocenters. The van der Waals surface area contributed by atoms with Gasteiger partial charge < -0.3 is 18.6 Å². The number of fused-ring (bicyclic) bond motifs is 6. The standard InChI is InChI=1S/C38H30N2O2/c1-41-29-17-13-27(14-18-29)39-35-9-5-3-7-31(35)33-23-25(11-21-37(33)39)26-12-22-38-34(24-26)32-8-4-6-10-36(32)40(38)28-15-19-30(42-2)20-16-28/h3-19,21-24,30H,20H2,1-2H3. The molecule has 0 radical (unpaired) electrons. The summed E-state index contributed by atoms with van der Waals surface area (Å²) >= 11 is 0. The highest BCUT2D eigenvalue weighted by molar-refractivity contribution is 6.13. The number of para-hydroxylation sites is 2. The zero-order valence-electron chi connectivity index (χ0n) is 23.6. The quantitative estimate of drug-likeness (QED) is 0.215. The van der Waals surface area contributed by atoms with E-state index in [0.29, 0.717) is 0 Å². The Labute approximate surface area is 244 Å². The van der Waals surface area contributed by atoms with Crippen LogP contribution in [-0.2, 0) is 4.74 Å². The highest BCUT2D eigenvalue weighted by Gasteiger charge is 2.17. The maximum atomic E-state index is 5.54. The van der Waals surface area contributed by atoms with Gasteiger partial charge in [0.15, 0.2) is 0 Å². The molecule has 1 aliphatic rings. The van der Waals surface area contributed by atoms with Crippen molar-refractivity contribution in [3.05, 3.63) is 127 Å². The first-order chi connectivity index (χ1) is 20.7. The molecule has 7 aromatic rings. The molecule has 2 aromatic heterocycles. The topological polar surface area (TPSA) is 28.3 Å².